The average molecular weight is 269 g/mol. The van der Waals surface area contributed by atoms with Gasteiger partial charge in [-0.1, -0.05) is 12.8 Å². The average Bonchev–Trinajstić information content (AvgIpc) is 2.90. The number of benzene rings is 1. The molecule has 0 saturated heterocycles. The minimum Gasteiger partial charge on any atom is -0.505 e. The molecule has 1 saturated carbocycles. The molecule has 1 fully saturated rings. The molecule has 3 N–H and O–H groups in total. The maximum absolute atomic E-state index is 14.4. The number of phenolic OH excluding ortho intramolecular Hbond substituents is 1. The highest BCUT2D eigenvalue weighted by Crippen LogP contribution is 2.50. The summed E-state index contributed by atoms with van der Waals surface area (Å²) in [5.41, 5.74) is 5.77. The van der Waals surface area contributed by atoms with Crippen molar-refractivity contribution in [3.05, 3.63) is 17.4 Å². The van der Waals surface area contributed by atoms with Gasteiger partial charge in [0.2, 0.25) is 0 Å². The third-order valence-electron chi connectivity index (χ3n) is 4.07. The van der Waals surface area contributed by atoms with Gasteiger partial charge < -0.3 is 20.3 Å². The predicted octanol–water partition coefficient (Wildman–Crippen LogP) is 2.32. The molecule has 5 heteroatoms. The van der Waals surface area contributed by atoms with Gasteiger partial charge in [-0.25, -0.2) is 4.39 Å². The molecule has 0 aromatic heterocycles. The molecular formula is C14H20FNO3. The zero-order valence-electron chi connectivity index (χ0n) is 11.3. The van der Waals surface area contributed by atoms with Crippen LogP contribution in [0.25, 0.3) is 0 Å². The molecule has 0 spiro atoms. The number of ether oxygens (including phenoxy) is 2. The molecule has 0 radical (unpaired) electrons. The summed E-state index contributed by atoms with van der Waals surface area (Å²) in [5, 5.41) is 9.75. The first-order valence-electron chi connectivity index (χ1n) is 6.43. The summed E-state index contributed by atoms with van der Waals surface area (Å²) in [6.45, 7) is 0.326. The standard InChI is InChI=1S/C14H20FNO3/c1-18-10-7-9(17)12(15)11(13(10)19-2)14(8-16)5-3-4-6-14/h7,17H,3-6,8,16H2,1-2H3. The third-order valence-corrected chi connectivity index (χ3v) is 4.07. The van der Waals surface area contributed by atoms with E-state index in [9.17, 15) is 9.50 Å². The van der Waals surface area contributed by atoms with E-state index in [2.05, 4.69) is 0 Å². The van der Waals surface area contributed by atoms with E-state index < -0.39 is 17.0 Å². The largest absolute Gasteiger partial charge is 0.505 e. The predicted molar refractivity (Wildman–Crippen MR) is 70.4 cm³/mol. The number of phenols is 1. The second kappa shape index (κ2) is 5.25. The van der Waals surface area contributed by atoms with Crippen molar-refractivity contribution in [2.45, 2.75) is 31.1 Å². The lowest BCUT2D eigenvalue weighted by atomic mass is 9.77. The van der Waals surface area contributed by atoms with Crippen molar-refractivity contribution in [2.75, 3.05) is 20.8 Å². The van der Waals surface area contributed by atoms with Crippen LogP contribution in [0.15, 0.2) is 6.07 Å². The van der Waals surface area contributed by atoms with Crippen LogP contribution in [0.3, 0.4) is 0 Å². The summed E-state index contributed by atoms with van der Waals surface area (Å²) >= 11 is 0. The van der Waals surface area contributed by atoms with Crippen LogP contribution in [0.2, 0.25) is 0 Å². The van der Waals surface area contributed by atoms with E-state index in [1.165, 1.54) is 20.3 Å². The molecule has 1 aromatic carbocycles. The van der Waals surface area contributed by atoms with E-state index >= 15 is 0 Å². The minimum atomic E-state index is -0.648. The summed E-state index contributed by atoms with van der Waals surface area (Å²) in [6.07, 6.45) is 3.59. The number of methoxy groups -OCH3 is 2. The molecule has 4 nitrogen and oxygen atoms in total. The molecule has 106 valence electrons. The highest BCUT2D eigenvalue weighted by molar-refractivity contribution is 5.56. The van der Waals surface area contributed by atoms with Crippen LogP contribution in [-0.2, 0) is 5.41 Å². The van der Waals surface area contributed by atoms with Gasteiger partial charge >= 0.3 is 0 Å². The quantitative estimate of drug-likeness (QED) is 0.880. The molecular weight excluding hydrogens is 249 g/mol. The second-order valence-corrected chi connectivity index (χ2v) is 5.01. The monoisotopic (exact) mass is 269 g/mol. The summed E-state index contributed by atoms with van der Waals surface area (Å²) in [5.74, 6) is -0.404. The maximum Gasteiger partial charge on any atom is 0.172 e. The number of rotatable bonds is 4. The third kappa shape index (κ3) is 2.12. The molecule has 0 atom stereocenters. The fraction of sp³-hybridized carbons (Fsp3) is 0.571. The van der Waals surface area contributed by atoms with Gasteiger partial charge in [0.15, 0.2) is 23.1 Å². The molecule has 0 unspecified atom stereocenters. The fourth-order valence-electron chi connectivity index (χ4n) is 3.04. The van der Waals surface area contributed by atoms with Crippen LogP contribution in [0.4, 0.5) is 4.39 Å². The lowest BCUT2D eigenvalue weighted by molar-refractivity contribution is 0.318. The van der Waals surface area contributed by atoms with Crippen molar-refractivity contribution < 1.29 is 19.0 Å². The Kier molecular flexibility index (Phi) is 3.85. The van der Waals surface area contributed by atoms with Gasteiger partial charge in [-0.05, 0) is 12.8 Å². The Hall–Kier alpha value is -1.49. The van der Waals surface area contributed by atoms with Gasteiger partial charge in [0.25, 0.3) is 0 Å². The Balaban J connectivity index is 2.69. The second-order valence-electron chi connectivity index (χ2n) is 5.01. The lowest BCUT2D eigenvalue weighted by Crippen LogP contribution is -2.33. The first-order valence-corrected chi connectivity index (χ1v) is 6.43. The van der Waals surface area contributed by atoms with E-state index in [1.807, 2.05) is 0 Å². The highest BCUT2D eigenvalue weighted by Gasteiger charge is 2.41. The summed E-state index contributed by atoms with van der Waals surface area (Å²) in [4.78, 5) is 0. The van der Waals surface area contributed by atoms with Crippen LogP contribution >= 0.6 is 0 Å². The number of nitrogens with two attached hydrogens (primary N) is 1. The van der Waals surface area contributed by atoms with Gasteiger partial charge in [0, 0.05) is 23.6 Å². The van der Waals surface area contributed by atoms with E-state index in [-0.39, 0.29) is 0 Å². The van der Waals surface area contributed by atoms with Crippen molar-refractivity contribution in [3.8, 4) is 17.2 Å². The number of hydrogen-bond acceptors (Lipinski definition) is 4. The molecule has 0 aliphatic heterocycles. The Morgan fingerprint density at radius 2 is 1.95 bits per heavy atom. The summed E-state index contributed by atoms with van der Waals surface area (Å²) < 4.78 is 24.9. The van der Waals surface area contributed by atoms with Crippen LogP contribution in [0.5, 0.6) is 17.2 Å². The Labute approximate surface area is 112 Å². The molecule has 1 aromatic rings. The number of halogens is 1. The topological polar surface area (TPSA) is 64.7 Å². The highest BCUT2D eigenvalue weighted by atomic mass is 19.1. The summed E-state index contributed by atoms with van der Waals surface area (Å²) in [7, 11) is 2.93. The van der Waals surface area contributed by atoms with Crippen molar-refractivity contribution >= 4 is 0 Å². The minimum absolute atomic E-state index is 0.326. The van der Waals surface area contributed by atoms with Crippen LogP contribution in [0.1, 0.15) is 31.2 Å². The molecule has 0 heterocycles. The van der Waals surface area contributed by atoms with Gasteiger partial charge in [-0.15, -0.1) is 0 Å². The van der Waals surface area contributed by atoms with Crippen LogP contribution < -0.4 is 15.2 Å². The van der Waals surface area contributed by atoms with Gasteiger partial charge in [0.05, 0.1) is 14.2 Å². The van der Waals surface area contributed by atoms with Gasteiger partial charge in [0.1, 0.15) is 0 Å². The summed E-state index contributed by atoms with van der Waals surface area (Å²) in [6, 6.07) is 1.23. The normalized spacial score (nSPS) is 17.5. The van der Waals surface area contributed by atoms with Gasteiger partial charge in [-0.3, -0.25) is 0 Å². The van der Waals surface area contributed by atoms with Crippen molar-refractivity contribution in [2.24, 2.45) is 5.73 Å². The fourth-order valence-corrected chi connectivity index (χ4v) is 3.04. The van der Waals surface area contributed by atoms with E-state index in [0.717, 1.165) is 25.7 Å². The first-order chi connectivity index (χ1) is 9.09. The lowest BCUT2D eigenvalue weighted by Gasteiger charge is -2.30. The van der Waals surface area contributed by atoms with Gasteiger partial charge in [-0.2, -0.15) is 0 Å². The van der Waals surface area contributed by atoms with Crippen molar-refractivity contribution in [1.82, 2.24) is 0 Å². The maximum atomic E-state index is 14.4. The number of hydrogen-bond donors (Lipinski definition) is 2. The first kappa shape index (κ1) is 13.9. The van der Waals surface area contributed by atoms with E-state index in [4.69, 9.17) is 15.2 Å². The molecule has 1 aliphatic rings. The SMILES string of the molecule is COc1cc(O)c(F)c(C2(CN)CCCC2)c1OC. The molecule has 0 amide bonds. The van der Waals surface area contributed by atoms with E-state index in [0.29, 0.717) is 23.6 Å². The van der Waals surface area contributed by atoms with E-state index in [1.54, 1.807) is 0 Å². The Bertz CT molecular complexity index is 470. The number of aromatic hydroxyl groups is 1. The Morgan fingerprint density at radius 1 is 1.32 bits per heavy atom. The molecule has 1 aliphatic carbocycles. The zero-order chi connectivity index (χ0) is 14.0. The molecule has 0 bridgehead atoms. The van der Waals surface area contributed by atoms with Crippen LogP contribution in [-0.4, -0.2) is 25.9 Å². The van der Waals surface area contributed by atoms with Crippen molar-refractivity contribution in [1.29, 1.82) is 0 Å². The molecule has 2 rings (SSSR count). The Morgan fingerprint density at radius 3 is 2.42 bits per heavy atom. The smallest absolute Gasteiger partial charge is 0.172 e. The van der Waals surface area contributed by atoms with Crippen LogP contribution in [0, 0.1) is 5.82 Å². The molecule has 19 heavy (non-hydrogen) atoms. The zero-order valence-corrected chi connectivity index (χ0v) is 11.3. The van der Waals surface area contributed by atoms with Crippen molar-refractivity contribution in [3.63, 3.8) is 0 Å².